The highest BCUT2D eigenvalue weighted by Crippen LogP contribution is 2.61. The quantitative estimate of drug-likeness (QED) is 0.131. The second-order valence-electron chi connectivity index (χ2n) is 13.7. The molecule has 0 heterocycles. The third-order valence-electron chi connectivity index (χ3n) is 11.4. The van der Waals surface area contributed by atoms with Gasteiger partial charge in [-0.1, -0.05) is 36.4 Å². The van der Waals surface area contributed by atoms with Crippen molar-refractivity contribution in [3.05, 3.63) is 95.1 Å². The van der Waals surface area contributed by atoms with Crippen LogP contribution < -0.4 is 28.4 Å². The zero-order valence-corrected chi connectivity index (χ0v) is 32.2. The number of hydrogen-bond donors (Lipinski definition) is 0. The van der Waals surface area contributed by atoms with Crippen LogP contribution in [0.25, 0.3) is 54.9 Å². The Balaban J connectivity index is 1.70. The maximum atomic E-state index is 6.69. The SMILES string of the molecule is COc1ccc(-c2c(-c3c(-c4ccc(OC)cc4)c4c5c(ccc(OC)c5c3OC)CCC4OC)c(OC)c3c(OC)ccc4c3c2C(OC)CC4)cc1. The first-order valence-corrected chi connectivity index (χ1v) is 18.3. The lowest BCUT2D eigenvalue weighted by molar-refractivity contribution is 0.0954. The summed E-state index contributed by atoms with van der Waals surface area (Å²) >= 11 is 0. The zero-order chi connectivity index (χ0) is 37.7. The first-order valence-electron chi connectivity index (χ1n) is 18.3. The Hall–Kier alpha value is -5.44. The van der Waals surface area contributed by atoms with Gasteiger partial charge >= 0.3 is 0 Å². The molecule has 0 radical (unpaired) electrons. The number of hydrogen-bond acceptors (Lipinski definition) is 8. The molecule has 2 unspecified atom stereocenters. The molecular weight excluding hydrogens is 680 g/mol. The van der Waals surface area contributed by atoms with E-state index in [9.17, 15) is 0 Å². The van der Waals surface area contributed by atoms with E-state index in [4.69, 9.17) is 37.9 Å². The predicted molar refractivity (Wildman–Crippen MR) is 213 cm³/mol. The van der Waals surface area contributed by atoms with Crippen LogP contribution in [0.1, 0.15) is 47.3 Å². The average molecular weight is 727 g/mol. The lowest BCUT2D eigenvalue weighted by Crippen LogP contribution is -2.16. The summed E-state index contributed by atoms with van der Waals surface area (Å²) in [5, 5.41) is 3.95. The van der Waals surface area contributed by atoms with Crippen LogP contribution in [0, 0.1) is 0 Å². The summed E-state index contributed by atoms with van der Waals surface area (Å²) in [5.74, 6) is 4.31. The summed E-state index contributed by atoms with van der Waals surface area (Å²) in [6.45, 7) is 0. The minimum atomic E-state index is -0.212. The zero-order valence-electron chi connectivity index (χ0n) is 32.2. The molecule has 2 aliphatic carbocycles. The molecule has 8 heteroatoms. The summed E-state index contributed by atoms with van der Waals surface area (Å²) < 4.78 is 49.8. The Morgan fingerprint density at radius 2 is 0.778 bits per heavy atom. The Morgan fingerprint density at radius 3 is 1.09 bits per heavy atom. The molecular formula is C46H46O8. The topological polar surface area (TPSA) is 73.8 Å². The van der Waals surface area contributed by atoms with Gasteiger partial charge < -0.3 is 37.9 Å². The van der Waals surface area contributed by atoms with E-state index in [1.807, 2.05) is 24.3 Å². The van der Waals surface area contributed by atoms with Crippen molar-refractivity contribution < 1.29 is 37.9 Å². The molecule has 0 fully saturated rings. The van der Waals surface area contributed by atoms with Crippen molar-refractivity contribution in [2.45, 2.75) is 37.9 Å². The van der Waals surface area contributed by atoms with Crippen LogP contribution in [0.15, 0.2) is 72.8 Å². The van der Waals surface area contributed by atoms with E-state index < -0.39 is 0 Å². The van der Waals surface area contributed by atoms with Gasteiger partial charge in [0.1, 0.15) is 34.5 Å². The molecule has 0 N–H and O–H groups in total. The van der Waals surface area contributed by atoms with Crippen molar-refractivity contribution >= 4 is 21.5 Å². The largest absolute Gasteiger partial charge is 0.497 e. The Labute approximate surface area is 316 Å². The number of rotatable bonds is 11. The minimum absolute atomic E-state index is 0.212. The van der Waals surface area contributed by atoms with Gasteiger partial charge in [0.05, 0.1) is 65.6 Å². The Kier molecular flexibility index (Phi) is 9.50. The van der Waals surface area contributed by atoms with E-state index in [0.29, 0.717) is 23.0 Å². The van der Waals surface area contributed by atoms with Crippen molar-refractivity contribution in [2.24, 2.45) is 0 Å². The monoisotopic (exact) mass is 726 g/mol. The second-order valence-corrected chi connectivity index (χ2v) is 13.7. The van der Waals surface area contributed by atoms with Crippen LogP contribution in [-0.2, 0) is 22.3 Å². The molecule has 278 valence electrons. The van der Waals surface area contributed by atoms with E-state index in [2.05, 4.69) is 48.5 Å². The molecule has 0 aromatic heterocycles. The maximum Gasteiger partial charge on any atom is 0.139 e. The molecule has 6 aromatic rings. The maximum absolute atomic E-state index is 6.69. The molecule has 8 rings (SSSR count). The van der Waals surface area contributed by atoms with E-state index in [0.717, 1.165) is 103 Å². The molecule has 0 spiro atoms. The van der Waals surface area contributed by atoms with Crippen LogP contribution in [0.2, 0.25) is 0 Å². The molecule has 0 aliphatic heterocycles. The van der Waals surface area contributed by atoms with Crippen molar-refractivity contribution in [1.82, 2.24) is 0 Å². The second kappa shape index (κ2) is 14.4. The summed E-state index contributed by atoms with van der Waals surface area (Å²) in [6, 6.07) is 24.9. The van der Waals surface area contributed by atoms with Crippen LogP contribution >= 0.6 is 0 Å². The molecule has 2 aliphatic rings. The van der Waals surface area contributed by atoms with Gasteiger partial charge in [-0.15, -0.1) is 0 Å². The lowest BCUT2D eigenvalue weighted by Gasteiger charge is -2.35. The first kappa shape index (κ1) is 35.6. The fourth-order valence-corrected chi connectivity index (χ4v) is 9.05. The van der Waals surface area contributed by atoms with Crippen LogP contribution in [0.5, 0.6) is 34.5 Å². The van der Waals surface area contributed by atoms with Crippen molar-refractivity contribution in [3.8, 4) is 67.9 Å². The predicted octanol–water partition coefficient (Wildman–Crippen LogP) is 10.3. The van der Waals surface area contributed by atoms with Gasteiger partial charge in [0.2, 0.25) is 0 Å². The van der Waals surface area contributed by atoms with Gasteiger partial charge in [0.15, 0.2) is 0 Å². The van der Waals surface area contributed by atoms with Crippen molar-refractivity contribution in [3.63, 3.8) is 0 Å². The summed E-state index contributed by atoms with van der Waals surface area (Å²) in [6.07, 6.45) is 2.91. The van der Waals surface area contributed by atoms with Gasteiger partial charge in [0.25, 0.3) is 0 Å². The van der Waals surface area contributed by atoms with Gasteiger partial charge in [-0.2, -0.15) is 0 Å². The molecule has 2 atom stereocenters. The Morgan fingerprint density at radius 1 is 0.389 bits per heavy atom. The highest BCUT2D eigenvalue weighted by molar-refractivity contribution is 6.17. The average Bonchev–Trinajstić information content (AvgIpc) is 3.23. The summed E-state index contributed by atoms with van der Waals surface area (Å²) in [4.78, 5) is 0. The standard InChI is InChI=1S/C46H46O8/c1-47-29-17-9-25(10-18-29)37-39-31(49-3)21-13-27-15-23-33(51-5)41(35(27)39)45(53-7)43(37)44-38(26-11-19-30(48-2)20-12-26)40-32(50-4)22-14-28-16-24-34(52-6)42(36(28)40)46(44)54-8/h9-12,15-20,23-24,31-32H,13-14,21-22H2,1-8H3. The molecule has 0 saturated carbocycles. The van der Waals surface area contributed by atoms with Crippen LogP contribution in [-0.4, -0.2) is 56.9 Å². The Bertz CT molecular complexity index is 2210. The molecule has 8 nitrogen and oxygen atoms in total. The van der Waals surface area contributed by atoms with E-state index in [-0.39, 0.29) is 12.2 Å². The van der Waals surface area contributed by atoms with Gasteiger partial charge in [-0.3, -0.25) is 0 Å². The number of methoxy groups -OCH3 is 8. The van der Waals surface area contributed by atoms with Gasteiger partial charge in [-0.05, 0) is 117 Å². The van der Waals surface area contributed by atoms with E-state index in [1.165, 1.54) is 11.1 Å². The highest BCUT2D eigenvalue weighted by atomic mass is 16.5. The number of aryl methyl sites for hydroxylation is 2. The summed E-state index contributed by atoms with van der Waals surface area (Å²) in [5.41, 5.74) is 10.3. The number of benzene rings is 6. The molecule has 6 aromatic carbocycles. The van der Waals surface area contributed by atoms with Gasteiger partial charge in [0, 0.05) is 25.3 Å². The van der Waals surface area contributed by atoms with Crippen LogP contribution in [0.3, 0.4) is 0 Å². The third kappa shape index (κ3) is 5.34. The fourth-order valence-electron chi connectivity index (χ4n) is 9.05. The third-order valence-corrected chi connectivity index (χ3v) is 11.4. The molecule has 0 bridgehead atoms. The highest BCUT2D eigenvalue weighted by Gasteiger charge is 2.38. The summed E-state index contributed by atoms with van der Waals surface area (Å²) in [7, 11) is 13.9. The van der Waals surface area contributed by atoms with Crippen LogP contribution in [0.4, 0.5) is 0 Å². The lowest BCUT2D eigenvalue weighted by atomic mass is 9.73. The molecule has 0 saturated heterocycles. The first-order chi connectivity index (χ1) is 26.5. The van der Waals surface area contributed by atoms with Crippen molar-refractivity contribution in [2.75, 3.05) is 56.9 Å². The van der Waals surface area contributed by atoms with E-state index >= 15 is 0 Å². The van der Waals surface area contributed by atoms with E-state index in [1.54, 1.807) is 56.9 Å². The number of ether oxygens (including phenoxy) is 8. The molecule has 0 amide bonds. The van der Waals surface area contributed by atoms with Gasteiger partial charge in [-0.25, -0.2) is 0 Å². The molecule has 54 heavy (non-hydrogen) atoms. The fraction of sp³-hybridized carbons (Fsp3) is 0.304. The normalized spacial score (nSPS) is 16.0. The minimum Gasteiger partial charge on any atom is -0.497 e. The smallest absolute Gasteiger partial charge is 0.139 e. The van der Waals surface area contributed by atoms with Crippen molar-refractivity contribution in [1.29, 1.82) is 0 Å².